The van der Waals surface area contributed by atoms with Crippen LogP contribution in [0.5, 0.6) is 5.75 Å². The van der Waals surface area contributed by atoms with Gasteiger partial charge in [-0.1, -0.05) is 12.1 Å². The largest absolute Gasteiger partial charge is 0.573 e. The van der Waals surface area contributed by atoms with E-state index in [0.29, 0.717) is 26.2 Å². The van der Waals surface area contributed by atoms with Gasteiger partial charge in [0.15, 0.2) is 5.75 Å². The van der Waals surface area contributed by atoms with Crippen LogP contribution in [0.15, 0.2) is 30.3 Å². The van der Waals surface area contributed by atoms with Crippen molar-refractivity contribution in [3.63, 3.8) is 0 Å². The van der Waals surface area contributed by atoms with E-state index < -0.39 is 18.1 Å². The van der Waals surface area contributed by atoms with Crippen LogP contribution < -0.4 is 19.9 Å². The molecule has 4 rings (SSSR count). The molecule has 0 unspecified atom stereocenters. The Hall–Kier alpha value is -3.24. The monoisotopic (exact) mass is 450 g/mol. The highest BCUT2D eigenvalue weighted by Gasteiger charge is 2.32. The number of nitrogens with zero attached hydrogens (tertiary/aromatic N) is 5. The number of halogens is 3. The van der Waals surface area contributed by atoms with E-state index in [1.807, 2.05) is 13.0 Å². The van der Waals surface area contributed by atoms with Gasteiger partial charge in [-0.3, -0.25) is 0 Å². The number of anilines is 3. The standard InChI is InChI=1S/C21H25F3N6O2/c1-15-14-18(27-19(25-15)29-8-4-5-9-29)28-10-12-30(13-11-28)20(31)26-16-6-2-3-7-17(16)32-21(22,23)24/h2-3,6-7,14H,4-5,8-13H2,1H3,(H,26,31). The van der Waals surface area contributed by atoms with Gasteiger partial charge in [0, 0.05) is 51.0 Å². The van der Waals surface area contributed by atoms with Gasteiger partial charge in [0.25, 0.3) is 0 Å². The molecule has 3 heterocycles. The van der Waals surface area contributed by atoms with Crippen molar-refractivity contribution in [3.8, 4) is 5.75 Å². The van der Waals surface area contributed by atoms with Crippen LogP contribution in [-0.2, 0) is 0 Å². The molecular formula is C21H25F3N6O2. The van der Waals surface area contributed by atoms with Gasteiger partial charge >= 0.3 is 12.4 Å². The molecule has 11 heteroatoms. The molecule has 2 amide bonds. The molecule has 1 aromatic heterocycles. The molecule has 0 radical (unpaired) electrons. The van der Waals surface area contributed by atoms with Gasteiger partial charge in [-0.15, -0.1) is 13.2 Å². The number of amides is 2. The molecule has 2 aliphatic rings. The SMILES string of the molecule is Cc1cc(N2CCN(C(=O)Nc3ccccc3OC(F)(F)F)CC2)nc(N2CCCC2)n1. The number of benzene rings is 1. The first-order valence-corrected chi connectivity index (χ1v) is 10.5. The fraction of sp³-hybridized carbons (Fsp3) is 0.476. The number of rotatable bonds is 4. The Morgan fingerprint density at radius 1 is 1.00 bits per heavy atom. The van der Waals surface area contributed by atoms with E-state index in [4.69, 9.17) is 4.98 Å². The van der Waals surface area contributed by atoms with Crippen LogP contribution in [0.3, 0.4) is 0 Å². The van der Waals surface area contributed by atoms with Gasteiger partial charge in [-0.05, 0) is 31.9 Å². The maximum absolute atomic E-state index is 12.6. The van der Waals surface area contributed by atoms with Crippen molar-refractivity contribution >= 4 is 23.5 Å². The number of nitrogens with one attached hydrogen (secondary N) is 1. The highest BCUT2D eigenvalue weighted by atomic mass is 19.4. The minimum atomic E-state index is -4.84. The van der Waals surface area contributed by atoms with Crippen molar-refractivity contribution in [1.29, 1.82) is 0 Å². The minimum Gasteiger partial charge on any atom is -0.404 e. The van der Waals surface area contributed by atoms with Crippen LogP contribution in [0.2, 0.25) is 0 Å². The molecule has 8 nitrogen and oxygen atoms in total. The molecule has 32 heavy (non-hydrogen) atoms. The number of piperazine rings is 1. The Bertz CT molecular complexity index is 957. The van der Waals surface area contributed by atoms with Crippen molar-refractivity contribution in [2.24, 2.45) is 0 Å². The fourth-order valence-electron chi connectivity index (χ4n) is 3.87. The predicted molar refractivity (Wildman–Crippen MR) is 114 cm³/mol. The maximum Gasteiger partial charge on any atom is 0.573 e. The van der Waals surface area contributed by atoms with Crippen molar-refractivity contribution < 1.29 is 22.7 Å². The summed E-state index contributed by atoms with van der Waals surface area (Å²) in [6.45, 7) is 5.79. The zero-order chi connectivity index (χ0) is 22.7. The molecule has 0 saturated carbocycles. The summed E-state index contributed by atoms with van der Waals surface area (Å²) in [7, 11) is 0. The zero-order valence-electron chi connectivity index (χ0n) is 17.7. The Morgan fingerprint density at radius 2 is 1.69 bits per heavy atom. The predicted octanol–water partition coefficient (Wildman–Crippen LogP) is 3.64. The Morgan fingerprint density at radius 3 is 2.38 bits per heavy atom. The number of aromatic nitrogens is 2. The first-order valence-electron chi connectivity index (χ1n) is 10.5. The number of carbonyl (C=O) groups excluding carboxylic acids is 1. The number of para-hydroxylation sites is 2. The van der Waals surface area contributed by atoms with Crippen LogP contribution in [0, 0.1) is 6.92 Å². The summed E-state index contributed by atoms with van der Waals surface area (Å²) in [4.78, 5) is 27.8. The molecule has 0 aliphatic carbocycles. The molecule has 1 aromatic carbocycles. The highest BCUT2D eigenvalue weighted by Crippen LogP contribution is 2.30. The Labute approximate surface area is 184 Å². The topological polar surface area (TPSA) is 73.8 Å². The van der Waals surface area contributed by atoms with Crippen molar-refractivity contribution in [2.75, 3.05) is 54.4 Å². The van der Waals surface area contributed by atoms with Gasteiger partial charge in [0.2, 0.25) is 5.95 Å². The van der Waals surface area contributed by atoms with Gasteiger partial charge in [0.1, 0.15) is 5.82 Å². The van der Waals surface area contributed by atoms with Crippen LogP contribution in [0.25, 0.3) is 0 Å². The average molecular weight is 450 g/mol. The molecule has 2 aliphatic heterocycles. The third-order valence-electron chi connectivity index (χ3n) is 5.46. The van der Waals surface area contributed by atoms with E-state index in [0.717, 1.165) is 49.5 Å². The van der Waals surface area contributed by atoms with Crippen LogP contribution >= 0.6 is 0 Å². The lowest BCUT2D eigenvalue weighted by molar-refractivity contribution is -0.274. The normalized spacial score (nSPS) is 16.9. The number of hydrogen-bond acceptors (Lipinski definition) is 6. The second-order valence-corrected chi connectivity index (χ2v) is 7.81. The molecule has 2 saturated heterocycles. The van der Waals surface area contributed by atoms with Gasteiger partial charge < -0.3 is 24.8 Å². The third kappa shape index (κ3) is 5.32. The van der Waals surface area contributed by atoms with Gasteiger partial charge in [-0.2, -0.15) is 4.98 Å². The zero-order valence-corrected chi connectivity index (χ0v) is 17.7. The van der Waals surface area contributed by atoms with E-state index in [9.17, 15) is 18.0 Å². The number of alkyl halides is 3. The summed E-state index contributed by atoms with van der Waals surface area (Å²) in [5.74, 6) is 1.11. The van der Waals surface area contributed by atoms with E-state index in [2.05, 4.69) is 24.8 Å². The van der Waals surface area contributed by atoms with E-state index in [-0.39, 0.29) is 5.69 Å². The van der Waals surface area contributed by atoms with Crippen molar-refractivity contribution in [3.05, 3.63) is 36.0 Å². The molecule has 2 fully saturated rings. The second kappa shape index (κ2) is 9.09. The van der Waals surface area contributed by atoms with Crippen LogP contribution in [0.1, 0.15) is 18.5 Å². The molecule has 0 bridgehead atoms. The number of aryl methyl sites for hydroxylation is 1. The second-order valence-electron chi connectivity index (χ2n) is 7.81. The number of ether oxygens (including phenoxy) is 1. The minimum absolute atomic E-state index is 0.0288. The summed E-state index contributed by atoms with van der Waals surface area (Å²) in [5.41, 5.74) is 0.859. The highest BCUT2D eigenvalue weighted by molar-refractivity contribution is 5.91. The first kappa shape index (κ1) is 22.0. The van der Waals surface area contributed by atoms with Crippen molar-refractivity contribution in [1.82, 2.24) is 14.9 Å². The maximum atomic E-state index is 12.6. The molecule has 2 aromatic rings. The summed E-state index contributed by atoms with van der Waals surface area (Å²) in [5, 5.41) is 2.52. The van der Waals surface area contributed by atoms with E-state index >= 15 is 0 Å². The molecule has 0 atom stereocenters. The van der Waals surface area contributed by atoms with E-state index in [1.165, 1.54) is 18.2 Å². The fourth-order valence-corrected chi connectivity index (χ4v) is 3.87. The molecule has 172 valence electrons. The summed E-state index contributed by atoms with van der Waals surface area (Å²) < 4.78 is 41.8. The first-order chi connectivity index (χ1) is 15.3. The lowest BCUT2D eigenvalue weighted by Gasteiger charge is -2.35. The lowest BCUT2D eigenvalue weighted by Crippen LogP contribution is -2.50. The van der Waals surface area contributed by atoms with Gasteiger partial charge in [0.05, 0.1) is 5.69 Å². The quantitative estimate of drug-likeness (QED) is 0.767. The lowest BCUT2D eigenvalue weighted by atomic mass is 10.3. The number of urea groups is 1. The van der Waals surface area contributed by atoms with Crippen LogP contribution in [0.4, 0.5) is 35.4 Å². The average Bonchev–Trinajstić information content (AvgIpc) is 3.29. The summed E-state index contributed by atoms with van der Waals surface area (Å²) in [6, 6.07) is 6.94. The molecule has 1 N–H and O–H groups in total. The summed E-state index contributed by atoms with van der Waals surface area (Å²) >= 11 is 0. The Balaban J connectivity index is 1.38. The molecule has 0 spiro atoms. The summed E-state index contributed by atoms with van der Waals surface area (Å²) in [6.07, 6.45) is -2.56. The number of carbonyl (C=O) groups is 1. The van der Waals surface area contributed by atoms with Crippen LogP contribution in [-0.4, -0.2) is 66.5 Å². The smallest absolute Gasteiger partial charge is 0.404 e. The van der Waals surface area contributed by atoms with Crippen molar-refractivity contribution in [2.45, 2.75) is 26.1 Å². The third-order valence-corrected chi connectivity index (χ3v) is 5.46. The van der Waals surface area contributed by atoms with Gasteiger partial charge in [-0.25, -0.2) is 9.78 Å². The van der Waals surface area contributed by atoms with E-state index in [1.54, 1.807) is 4.90 Å². The Kier molecular flexibility index (Phi) is 6.24. The molecular weight excluding hydrogens is 425 g/mol. The number of hydrogen-bond donors (Lipinski definition) is 1.